The number of nitrogens with two attached hydrogens (primary N) is 2. The molecule has 1 radical (unpaired) electrons. The van der Waals surface area contributed by atoms with Crippen molar-refractivity contribution in [2.75, 3.05) is 5.73 Å². The van der Waals surface area contributed by atoms with Gasteiger partial charge in [-0.3, -0.25) is 9.59 Å². The number of rotatable bonds is 6. The van der Waals surface area contributed by atoms with E-state index in [4.69, 9.17) is 11.5 Å². The van der Waals surface area contributed by atoms with Crippen molar-refractivity contribution < 1.29 is 14.0 Å². The lowest BCUT2D eigenvalue weighted by Crippen LogP contribution is -2.24. The van der Waals surface area contributed by atoms with Gasteiger partial charge in [-0.2, -0.15) is 0 Å². The topological polar surface area (TPSA) is 111 Å². The van der Waals surface area contributed by atoms with Crippen molar-refractivity contribution in [3.63, 3.8) is 0 Å². The molecule has 0 fully saturated rings. The number of nitrogens with one attached hydrogen (secondary N) is 1. The lowest BCUT2D eigenvalue weighted by molar-refractivity contribution is -0.118. The summed E-state index contributed by atoms with van der Waals surface area (Å²) in [5, 5.41) is 2.67. The molecule has 0 saturated heterocycles. The standard InChI is InChI=1S/C16H16FN4O2/c17-12-3-1-2-11(15(12)16(19)23)5-7-14(22)21-9-10-4-6-13(18)20-8-10/h1-4,6-8H,5,9H2,(H2,18,20)(H2,19,23)(H,21,22). The average molecular weight is 315 g/mol. The SMILES string of the molecule is NC(=O)c1c(F)cccc1C[CH]C(=O)NCc1ccc(N)nc1. The van der Waals surface area contributed by atoms with Crippen molar-refractivity contribution in [2.45, 2.75) is 13.0 Å². The monoisotopic (exact) mass is 315 g/mol. The van der Waals surface area contributed by atoms with Crippen LogP contribution in [-0.2, 0) is 17.8 Å². The largest absolute Gasteiger partial charge is 0.384 e. The number of hydrogen-bond donors (Lipinski definition) is 3. The van der Waals surface area contributed by atoms with Crippen molar-refractivity contribution in [3.05, 3.63) is 65.5 Å². The van der Waals surface area contributed by atoms with Gasteiger partial charge in [0.2, 0.25) is 5.91 Å². The van der Waals surface area contributed by atoms with Crippen LogP contribution in [0.1, 0.15) is 21.5 Å². The molecule has 0 atom stereocenters. The number of nitrogen functional groups attached to an aromatic ring is 1. The Morgan fingerprint density at radius 3 is 2.70 bits per heavy atom. The summed E-state index contributed by atoms with van der Waals surface area (Å²) >= 11 is 0. The van der Waals surface area contributed by atoms with Gasteiger partial charge in [-0.25, -0.2) is 9.37 Å². The minimum Gasteiger partial charge on any atom is -0.384 e. The van der Waals surface area contributed by atoms with Crippen LogP contribution in [0.4, 0.5) is 10.2 Å². The van der Waals surface area contributed by atoms with Gasteiger partial charge in [0.15, 0.2) is 0 Å². The van der Waals surface area contributed by atoms with E-state index < -0.39 is 11.7 Å². The zero-order valence-electron chi connectivity index (χ0n) is 12.3. The van der Waals surface area contributed by atoms with Gasteiger partial charge in [-0.05, 0) is 29.7 Å². The smallest absolute Gasteiger partial charge is 0.251 e. The van der Waals surface area contributed by atoms with Crippen LogP contribution in [0.2, 0.25) is 0 Å². The first-order valence-corrected chi connectivity index (χ1v) is 6.86. The summed E-state index contributed by atoms with van der Waals surface area (Å²) < 4.78 is 13.6. The number of amides is 2. The van der Waals surface area contributed by atoms with E-state index in [0.717, 1.165) is 11.6 Å². The molecule has 0 bridgehead atoms. The second-order valence-electron chi connectivity index (χ2n) is 4.86. The Labute approximate surface area is 132 Å². The number of halogens is 1. The minimum absolute atomic E-state index is 0.0991. The summed E-state index contributed by atoms with van der Waals surface area (Å²) in [5.41, 5.74) is 11.6. The Balaban J connectivity index is 1.91. The third-order valence-corrected chi connectivity index (χ3v) is 3.17. The molecule has 0 saturated carbocycles. The lowest BCUT2D eigenvalue weighted by atomic mass is 10.0. The first kappa shape index (κ1) is 16.4. The Kier molecular flexibility index (Phi) is 5.24. The van der Waals surface area contributed by atoms with Gasteiger partial charge in [0, 0.05) is 12.7 Å². The predicted molar refractivity (Wildman–Crippen MR) is 83.4 cm³/mol. The van der Waals surface area contributed by atoms with Crippen molar-refractivity contribution in [2.24, 2.45) is 5.73 Å². The average Bonchev–Trinajstić information content (AvgIpc) is 2.52. The van der Waals surface area contributed by atoms with E-state index in [2.05, 4.69) is 10.3 Å². The third kappa shape index (κ3) is 4.50. The number of aromatic nitrogens is 1. The van der Waals surface area contributed by atoms with Crippen LogP contribution >= 0.6 is 0 Å². The molecule has 0 unspecified atom stereocenters. The molecule has 1 aromatic heterocycles. The molecule has 0 aliphatic heterocycles. The molecule has 2 amide bonds. The first-order valence-electron chi connectivity index (χ1n) is 6.86. The van der Waals surface area contributed by atoms with Crippen LogP contribution in [0.5, 0.6) is 0 Å². The van der Waals surface area contributed by atoms with Crippen molar-refractivity contribution in [3.8, 4) is 0 Å². The molecule has 7 heteroatoms. The number of primary amides is 1. The second-order valence-corrected chi connectivity index (χ2v) is 4.86. The predicted octanol–water partition coefficient (Wildman–Crippen LogP) is 0.965. The fourth-order valence-electron chi connectivity index (χ4n) is 2.02. The Morgan fingerprint density at radius 1 is 1.26 bits per heavy atom. The molecular formula is C16H16FN4O2. The number of anilines is 1. The third-order valence-electron chi connectivity index (χ3n) is 3.17. The van der Waals surface area contributed by atoms with E-state index in [-0.39, 0.29) is 24.4 Å². The number of benzene rings is 1. The fourth-order valence-corrected chi connectivity index (χ4v) is 2.02. The molecule has 1 heterocycles. The van der Waals surface area contributed by atoms with Gasteiger partial charge in [0.25, 0.3) is 5.91 Å². The highest BCUT2D eigenvalue weighted by Gasteiger charge is 2.14. The maximum absolute atomic E-state index is 13.6. The number of pyridine rings is 1. The van der Waals surface area contributed by atoms with E-state index in [1.54, 1.807) is 24.4 Å². The van der Waals surface area contributed by atoms with Gasteiger partial charge < -0.3 is 16.8 Å². The highest BCUT2D eigenvalue weighted by Crippen LogP contribution is 2.14. The summed E-state index contributed by atoms with van der Waals surface area (Å²) in [6.07, 6.45) is 2.99. The summed E-state index contributed by atoms with van der Waals surface area (Å²) in [4.78, 5) is 27.0. The van der Waals surface area contributed by atoms with Crippen LogP contribution < -0.4 is 16.8 Å². The van der Waals surface area contributed by atoms with Gasteiger partial charge in [-0.1, -0.05) is 18.2 Å². The van der Waals surface area contributed by atoms with Crippen LogP contribution in [0.15, 0.2) is 36.5 Å². The van der Waals surface area contributed by atoms with Gasteiger partial charge >= 0.3 is 0 Å². The van der Waals surface area contributed by atoms with Gasteiger partial charge in [-0.15, -0.1) is 0 Å². The normalized spacial score (nSPS) is 10.3. The summed E-state index contributed by atoms with van der Waals surface area (Å²) in [7, 11) is 0. The number of nitrogens with zero attached hydrogens (tertiary/aromatic N) is 1. The molecule has 2 aromatic rings. The van der Waals surface area contributed by atoms with Crippen molar-refractivity contribution in [1.82, 2.24) is 10.3 Å². The Morgan fingerprint density at radius 2 is 2.04 bits per heavy atom. The Hall–Kier alpha value is -2.96. The zero-order valence-corrected chi connectivity index (χ0v) is 12.3. The molecule has 119 valence electrons. The van der Waals surface area contributed by atoms with E-state index in [9.17, 15) is 14.0 Å². The van der Waals surface area contributed by atoms with Crippen LogP contribution in [0, 0.1) is 12.2 Å². The molecule has 23 heavy (non-hydrogen) atoms. The molecule has 1 aromatic carbocycles. The van der Waals surface area contributed by atoms with Crippen molar-refractivity contribution >= 4 is 17.6 Å². The fraction of sp³-hybridized carbons (Fsp3) is 0.125. The number of carbonyl (C=O) groups is 2. The maximum atomic E-state index is 13.6. The molecule has 0 aliphatic rings. The molecule has 6 nitrogen and oxygen atoms in total. The van der Waals surface area contributed by atoms with Crippen LogP contribution in [0.25, 0.3) is 0 Å². The molecule has 2 rings (SSSR count). The second kappa shape index (κ2) is 7.35. The summed E-state index contributed by atoms with van der Waals surface area (Å²) in [5.74, 6) is -1.50. The van der Waals surface area contributed by atoms with Crippen molar-refractivity contribution in [1.29, 1.82) is 0 Å². The number of hydrogen-bond acceptors (Lipinski definition) is 4. The maximum Gasteiger partial charge on any atom is 0.251 e. The van der Waals surface area contributed by atoms with E-state index in [1.165, 1.54) is 12.5 Å². The molecule has 5 N–H and O–H groups in total. The van der Waals surface area contributed by atoms with Gasteiger partial charge in [0.1, 0.15) is 11.6 Å². The lowest BCUT2D eigenvalue weighted by Gasteiger charge is -2.08. The summed E-state index contributed by atoms with van der Waals surface area (Å²) in [6.45, 7) is 0.286. The molecule has 0 aliphatic carbocycles. The quantitative estimate of drug-likeness (QED) is 0.737. The van der Waals surface area contributed by atoms with E-state index >= 15 is 0 Å². The number of carbonyl (C=O) groups excluding carboxylic acids is 2. The van der Waals surface area contributed by atoms with E-state index in [1.807, 2.05) is 0 Å². The van der Waals surface area contributed by atoms with Crippen LogP contribution in [0.3, 0.4) is 0 Å². The highest BCUT2D eigenvalue weighted by atomic mass is 19.1. The first-order chi connectivity index (χ1) is 11.0. The zero-order chi connectivity index (χ0) is 16.8. The Bertz CT molecular complexity index is 717. The minimum atomic E-state index is -0.861. The van der Waals surface area contributed by atoms with E-state index in [0.29, 0.717) is 11.4 Å². The highest BCUT2D eigenvalue weighted by molar-refractivity contribution is 5.95. The summed E-state index contributed by atoms with van der Waals surface area (Å²) in [6, 6.07) is 7.55. The van der Waals surface area contributed by atoms with Crippen LogP contribution in [-0.4, -0.2) is 16.8 Å². The van der Waals surface area contributed by atoms with Gasteiger partial charge in [0.05, 0.1) is 12.0 Å². The molecular weight excluding hydrogens is 299 g/mol. The molecule has 0 spiro atoms.